The van der Waals surface area contributed by atoms with Gasteiger partial charge in [-0.25, -0.2) is 0 Å². The van der Waals surface area contributed by atoms with E-state index in [1.54, 1.807) is 12.1 Å². The molecule has 162 valence electrons. The van der Waals surface area contributed by atoms with Crippen LogP contribution in [0, 0.1) is 13.8 Å². The van der Waals surface area contributed by atoms with Crippen molar-refractivity contribution < 1.29 is 14.3 Å². The van der Waals surface area contributed by atoms with Crippen LogP contribution in [0.2, 0.25) is 5.02 Å². The first-order valence-electron chi connectivity index (χ1n) is 9.72. The van der Waals surface area contributed by atoms with Crippen molar-refractivity contribution in [1.29, 1.82) is 0 Å². The number of nitrogens with zero attached hydrogens (tertiary/aromatic N) is 3. The molecule has 0 unspecified atom stereocenters. The molecule has 1 N–H and O–H groups in total. The summed E-state index contributed by atoms with van der Waals surface area (Å²) in [6, 6.07) is 13.1. The van der Waals surface area contributed by atoms with Gasteiger partial charge in [-0.2, -0.15) is 0 Å². The molecule has 0 bridgehead atoms. The van der Waals surface area contributed by atoms with Crippen molar-refractivity contribution in [3.63, 3.8) is 0 Å². The number of carbonyl (C=O) groups excluding carboxylic acids is 2. The van der Waals surface area contributed by atoms with Crippen LogP contribution in [-0.4, -0.2) is 39.0 Å². The smallest absolute Gasteiger partial charge is 0.316 e. The zero-order valence-corrected chi connectivity index (χ0v) is 19.1. The lowest BCUT2D eigenvalue weighted by molar-refractivity contribution is -0.144. The Hall–Kier alpha value is -2.84. The highest BCUT2D eigenvalue weighted by atomic mass is 35.5. The summed E-state index contributed by atoms with van der Waals surface area (Å²) < 4.78 is 7.01. The first-order chi connectivity index (χ1) is 14.9. The number of esters is 1. The van der Waals surface area contributed by atoms with E-state index in [9.17, 15) is 9.59 Å². The maximum absolute atomic E-state index is 12.1. The molecule has 0 atom stereocenters. The fourth-order valence-corrected chi connectivity index (χ4v) is 3.79. The topological polar surface area (TPSA) is 86.1 Å². The minimum atomic E-state index is -0.500. The Kier molecular flexibility index (Phi) is 7.70. The number of thioether (sulfide) groups is 1. The molecule has 0 fully saturated rings. The number of benzene rings is 2. The summed E-state index contributed by atoms with van der Waals surface area (Å²) in [6.07, 6.45) is 0. The van der Waals surface area contributed by atoms with Gasteiger partial charge in [0.2, 0.25) is 0 Å². The summed E-state index contributed by atoms with van der Waals surface area (Å²) in [5, 5.41) is 12.4. The first-order valence-corrected chi connectivity index (χ1v) is 11.1. The molecule has 3 aromatic rings. The number of nitrogens with one attached hydrogen (secondary N) is 1. The molecule has 0 saturated heterocycles. The van der Waals surface area contributed by atoms with Gasteiger partial charge in [0, 0.05) is 22.8 Å². The number of rotatable bonds is 8. The van der Waals surface area contributed by atoms with Crippen LogP contribution in [0.25, 0.3) is 11.4 Å². The third kappa shape index (κ3) is 6.08. The fourth-order valence-electron chi connectivity index (χ4n) is 2.86. The maximum atomic E-state index is 12.1. The lowest BCUT2D eigenvalue weighted by Crippen LogP contribution is -2.22. The quantitative estimate of drug-likeness (QED) is 0.395. The van der Waals surface area contributed by atoms with E-state index in [1.807, 2.05) is 55.7 Å². The Balaban J connectivity index is 1.53. The van der Waals surface area contributed by atoms with Crippen LogP contribution in [-0.2, 0) is 20.9 Å². The summed E-state index contributed by atoms with van der Waals surface area (Å²) in [6.45, 7) is 6.12. The largest absolute Gasteiger partial charge is 0.455 e. The van der Waals surface area contributed by atoms with Gasteiger partial charge in [-0.1, -0.05) is 35.5 Å². The Bertz CT molecular complexity index is 1080. The van der Waals surface area contributed by atoms with E-state index >= 15 is 0 Å². The first kappa shape index (κ1) is 22.8. The number of ether oxygens (including phenoxy) is 1. The highest BCUT2D eigenvalue weighted by molar-refractivity contribution is 7.99. The Labute approximate surface area is 190 Å². The third-order valence-corrected chi connectivity index (χ3v) is 5.68. The average Bonchev–Trinajstić information content (AvgIpc) is 3.16. The second-order valence-corrected chi connectivity index (χ2v) is 8.25. The van der Waals surface area contributed by atoms with Crippen molar-refractivity contribution in [2.45, 2.75) is 32.5 Å². The Morgan fingerprint density at radius 1 is 1.13 bits per heavy atom. The highest BCUT2D eigenvalue weighted by Crippen LogP contribution is 2.25. The van der Waals surface area contributed by atoms with Crippen molar-refractivity contribution in [2.75, 3.05) is 17.7 Å². The normalized spacial score (nSPS) is 10.7. The predicted octanol–water partition coefficient (Wildman–Crippen LogP) is 4.51. The SMILES string of the molecule is CCn1c(SCC(=O)OCC(=O)Nc2cc(C)ccc2C)nnc1-c1ccc(Cl)cc1. The van der Waals surface area contributed by atoms with Crippen LogP contribution in [0.5, 0.6) is 0 Å². The van der Waals surface area contributed by atoms with E-state index in [0.29, 0.717) is 28.2 Å². The molecular weight excluding hydrogens is 436 g/mol. The number of aromatic nitrogens is 3. The molecule has 3 rings (SSSR count). The van der Waals surface area contributed by atoms with Crippen molar-refractivity contribution >= 4 is 40.9 Å². The Morgan fingerprint density at radius 2 is 1.87 bits per heavy atom. The molecule has 0 aliphatic heterocycles. The van der Waals surface area contributed by atoms with E-state index in [0.717, 1.165) is 16.7 Å². The van der Waals surface area contributed by atoms with Gasteiger partial charge in [0.05, 0.1) is 5.75 Å². The lowest BCUT2D eigenvalue weighted by atomic mass is 10.1. The number of hydrogen-bond donors (Lipinski definition) is 1. The standard InChI is InChI=1S/C22H23ClN4O3S/c1-4-27-21(16-7-9-17(23)10-8-16)25-26-22(27)31-13-20(29)30-12-19(28)24-18-11-14(2)5-6-15(18)3/h5-11H,4,12-13H2,1-3H3,(H,24,28). The van der Waals surface area contributed by atoms with E-state index in [1.165, 1.54) is 11.8 Å². The van der Waals surface area contributed by atoms with Gasteiger partial charge >= 0.3 is 5.97 Å². The molecule has 1 amide bonds. The molecule has 2 aromatic carbocycles. The van der Waals surface area contributed by atoms with Gasteiger partial charge in [0.15, 0.2) is 17.6 Å². The van der Waals surface area contributed by atoms with Crippen LogP contribution in [0.15, 0.2) is 47.6 Å². The van der Waals surface area contributed by atoms with Crippen molar-refractivity contribution in [3.05, 3.63) is 58.6 Å². The monoisotopic (exact) mass is 458 g/mol. The predicted molar refractivity (Wildman–Crippen MR) is 122 cm³/mol. The number of hydrogen-bond acceptors (Lipinski definition) is 6. The van der Waals surface area contributed by atoms with Crippen LogP contribution in [0.4, 0.5) is 5.69 Å². The summed E-state index contributed by atoms with van der Waals surface area (Å²) in [4.78, 5) is 24.2. The summed E-state index contributed by atoms with van der Waals surface area (Å²) in [5.74, 6) is -0.160. The van der Waals surface area contributed by atoms with E-state index in [-0.39, 0.29) is 18.3 Å². The van der Waals surface area contributed by atoms with Gasteiger partial charge in [-0.3, -0.25) is 9.59 Å². The minimum Gasteiger partial charge on any atom is -0.455 e. The maximum Gasteiger partial charge on any atom is 0.316 e. The van der Waals surface area contributed by atoms with Crippen molar-refractivity contribution in [3.8, 4) is 11.4 Å². The highest BCUT2D eigenvalue weighted by Gasteiger charge is 2.16. The fraction of sp³-hybridized carbons (Fsp3) is 0.273. The van der Waals surface area contributed by atoms with Gasteiger partial charge < -0.3 is 14.6 Å². The summed E-state index contributed by atoms with van der Waals surface area (Å²) >= 11 is 7.16. The molecule has 31 heavy (non-hydrogen) atoms. The molecule has 1 aromatic heterocycles. The number of aryl methyl sites for hydroxylation is 2. The molecule has 0 aliphatic rings. The molecular formula is C22H23ClN4O3S. The summed E-state index contributed by atoms with van der Waals surface area (Å²) in [7, 11) is 0. The molecule has 7 nitrogen and oxygen atoms in total. The summed E-state index contributed by atoms with van der Waals surface area (Å²) in [5.41, 5.74) is 3.57. The second kappa shape index (κ2) is 10.5. The van der Waals surface area contributed by atoms with Crippen LogP contribution in [0.1, 0.15) is 18.1 Å². The molecule has 0 aliphatic carbocycles. The van der Waals surface area contributed by atoms with Crippen LogP contribution < -0.4 is 5.32 Å². The van der Waals surface area contributed by atoms with E-state index < -0.39 is 5.97 Å². The molecule has 1 heterocycles. The van der Waals surface area contributed by atoms with Crippen molar-refractivity contribution in [1.82, 2.24) is 14.8 Å². The van der Waals surface area contributed by atoms with E-state index in [4.69, 9.17) is 16.3 Å². The lowest BCUT2D eigenvalue weighted by Gasteiger charge is -2.10. The zero-order valence-electron chi connectivity index (χ0n) is 17.5. The number of amides is 1. The Morgan fingerprint density at radius 3 is 2.58 bits per heavy atom. The zero-order chi connectivity index (χ0) is 22.4. The van der Waals surface area contributed by atoms with Crippen molar-refractivity contribution in [2.24, 2.45) is 0 Å². The number of halogens is 1. The van der Waals surface area contributed by atoms with Gasteiger partial charge in [0.1, 0.15) is 0 Å². The molecule has 0 spiro atoms. The molecule has 9 heteroatoms. The molecule has 0 radical (unpaired) electrons. The van der Waals surface area contributed by atoms with Gasteiger partial charge in [-0.05, 0) is 62.2 Å². The number of carbonyl (C=O) groups is 2. The van der Waals surface area contributed by atoms with Gasteiger partial charge in [0.25, 0.3) is 5.91 Å². The van der Waals surface area contributed by atoms with Gasteiger partial charge in [-0.15, -0.1) is 10.2 Å². The minimum absolute atomic E-state index is 0.0233. The number of anilines is 1. The average molecular weight is 459 g/mol. The van der Waals surface area contributed by atoms with Crippen LogP contribution in [0.3, 0.4) is 0 Å². The van der Waals surface area contributed by atoms with E-state index in [2.05, 4.69) is 15.5 Å². The van der Waals surface area contributed by atoms with Crippen LogP contribution >= 0.6 is 23.4 Å². The third-order valence-electron chi connectivity index (χ3n) is 4.49. The molecule has 0 saturated carbocycles. The second-order valence-electron chi connectivity index (χ2n) is 6.87.